The van der Waals surface area contributed by atoms with Gasteiger partial charge in [-0.15, -0.1) is 0 Å². The summed E-state index contributed by atoms with van der Waals surface area (Å²) in [5.41, 5.74) is 14.8. The maximum Gasteiger partial charge on any atom is 0.160 e. The van der Waals surface area contributed by atoms with E-state index in [1.165, 1.54) is 44.5 Å². The second-order valence-corrected chi connectivity index (χ2v) is 12.3. The summed E-state index contributed by atoms with van der Waals surface area (Å²) in [4.78, 5) is 10.4. The molecule has 1 heterocycles. The summed E-state index contributed by atoms with van der Waals surface area (Å²) in [5, 5.41) is 1.08. The summed E-state index contributed by atoms with van der Waals surface area (Å²) in [7, 11) is 0. The summed E-state index contributed by atoms with van der Waals surface area (Å²) in [6.45, 7) is 9.29. The Morgan fingerprint density at radius 3 is 1.60 bits per heavy atom. The fourth-order valence-electron chi connectivity index (χ4n) is 7.12. The highest BCUT2D eigenvalue weighted by atomic mass is 14.9. The molecule has 40 heavy (non-hydrogen) atoms. The number of hydrogen-bond acceptors (Lipinski definition) is 2. The topological polar surface area (TPSA) is 25.8 Å². The van der Waals surface area contributed by atoms with Crippen LogP contribution in [-0.4, -0.2) is 9.97 Å². The predicted molar refractivity (Wildman–Crippen MR) is 166 cm³/mol. The van der Waals surface area contributed by atoms with E-state index in [1.54, 1.807) is 0 Å². The second kappa shape index (κ2) is 7.99. The SMILES string of the molecule is CC1(C)c2ccccc2-c2ccc(-c3nc(-c4ccc5c(c4)C(C)(C)c4ccccc4-5)c4ccccc4n3)cc21. The molecule has 0 unspecified atom stereocenters. The Labute approximate surface area is 235 Å². The lowest BCUT2D eigenvalue weighted by Crippen LogP contribution is -2.15. The lowest BCUT2D eigenvalue weighted by molar-refractivity contribution is 0.660. The number of hydrogen-bond donors (Lipinski definition) is 0. The van der Waals surface area contributed by atoms with Crippen LogP contribution in [0.4, 0.5) is 0 Å². The molecule has 2 nitrogen and oxygen atoms in total. The van der Waals surface area contributed by atoms with E-state index in [4.69, 9.17) is 9.97 Å². The van der Waals surface area contributed by atoms with E-state index < -0.39 is 0 Å². The molecule has 6 aromatic rings. The molecule has 0 fully saturated rings. The van der Waals surface area contributed by atoms with E-state index in [0.29, 0.717) is 0 Å². The summed E-state index contributed by atoms with van der Waals surface area (Å²) in [5.74, 6) is 0.770. The zero-order valence-corrected chi connectivity index (χ0v) is 23.3. The standard InChI is InChI=1S/C38H30N2/c1-37(2)30-14-8-5-11-25(30)27-19-17-23(21-32(27)37)35-29-13-7-10-16-34(29)39-36(40-35)24-18-20-28-26-12-6-9-15-31(26)38(3,4)33(28)22-24/h5-22H,1-4H3. The van der Waals surface area contributed by atoms with E-state index in [-0.39, 0.29) is 10.8 Å². The number of benzene rings is 5. The van der Waals surface area contributed by atoms with E-state index in [0.717, 1.165) is 33.5 Å². The molecule has 0 radical (unpaired) electrons. The van der Waals surface area contributed by atoms with Gasteiger partial charge in [-0.25, -0.2) is 9.97 Å². The van der Waals surface area contributed by atoms with Crippen LogP contribution in [0.2, 0.25) is 0 Å². The van der Waals surface area contributed by atoms with Gasteiger partial charge in [0, 0.05) is 27.3 Å². The van der Waals surface area contributed by atoms with Crippen LogP contribution in [0.5, 0.6) is 0 Å². The first-order valence-corrected chi connectivity index (χ1v) is 14.1. The Hall–Kier alpha value is -4.56. The lowest BCUT2D eigenvalue weighted by atomic mass is 9.81. The van der Waals surface area contributed by atoms with E-state index in [1.807, 2.05) is 0 Å². The van der Waals surface area contributed by atoms with Crippen LogP contribution in [0.1, 0.15) is 49.9 Å². The fraction of sp³-hybridized carbons (Fsp3) is 0.158. The van der Waals surface area contributed by atoms with Gasteiger partial charge in [0.1, 0.15) is 0 Å². The zero-order chi connectivity index (χ0) is 27.2. The minimum atomic E-state index is -0.0673. The van der Waals surface area contributed by atoms with Crippen molar-refractivity contribution in [3.63, 3.8) is 0 Å². The Morgan fingerprint density at radius 2 is 0.950 bits per heavy atom. The van der Waals surface area contributed by atoms with Crippen molar-refractivity contribution in [2.45, 2.75) is 38.5 Å². The normalized spacial score (nSPS) is 15.4. The predicted octanol–water partition coefficient (Wildman–Crippen LogP) is 9.58. The van der Waals surface area contributed by atoms with Gasteiger partial charge >= 0.3 is 0 Å². The number of nitrogens with zero attached hydrogens (tertiary/aromatic N) is 2. The van der Waals surface area contributed by atoms with Crippen molar-refractivity contribution in [1.82, 2.24) is 9.97 Å². The van der Waals surface area contributed by atoms with Crippen LogP contribution in [0.25, 0.3) is 55.8 Å². The second-order valence-electron chi connectivity index (χ2n) is 12.3. The first-order valence-electron chi connectivity index (χ1n) is 14.1. The third kappa shape index (κ3) is 3.11. The van der Waals surface area contributed by atoms with Gasteiger partial charge in [0.15, 0.2) is 5.82 Å². The first kappa shape index (κ1) is 23.3. The van der Waals surface area contributed by atoms with E-state index in [9.17, 15) is 0 Å². The van der Waals surface area contributed by atoms with Crippen LogP contribution < -0.4 is 0 Å². The Kier molecular flexibility index (Phi) is 4.66. The highest BCUT2D eigenvalue weighted by molar-refractivity contribution is 5.95. The third-order valence-corrected chi connectivity index (χ3v) is 9.30. The van der Waals surface area contributed by atoms with Gasteiger partial charge in [-0.05, 0) is 62.7 Å². The molecule has 0 bridgehead atoms. The van der Waals surface area contributed by atoms with Crippen LogP contribution in [0.15, 0.2) is 109 Å². The van der Waals surface area contributed by atoms with Crippen molar-refractivity contribution >= 4 is 10.9 Å². The van der Waals surface area contributed by atoms with E-state index in [2.05, 4.69) is 137 Å². The number of aromatic nitrogens is 2. The molecule has 5 aromatic carbocycles. The molecule has 0 atom stereocenters. The maximum absolute atomic E-state index is 5.28. The molecule has 0 spiro atoms. The number of fused-ring (bicyclic) bond motifs is 7. The third-order valence-electron chi connectivity index (χ3n) is 9.30. The average molecular weight is 515 g/mol. The highest BCUT2D eigenvalue weighted by Gasteiger charge is 2.36. The van der Waals surface area contributed by atoms with Crippen LogP contribution in [0.3, 0.4) is 0 Å². The smallest absolute Gasteiger partial charge is 0.160 e. The molecule has 2 aliphatic carbocycles. The quantitative estimate of drug-likeness (QED) is 0.230. The number of para-hydroxylation sites is 1. The Bertz CT molecular complexity index is 2010. The maximum atomic E-state index is 5.28. The fourth-order valence-corrected chi connectivity index (χ4v) is 7.12. The summed E-state index contributed by atoms with van der Waals surface area (Å²) in [6, 6.07) is 39.6. The molecular formula is C38H30N2. The van der Waals surface area contributed by atoms with Crippen molar-refractivity contribution in [2.75, 3.05) is 0 Å². The van der Waals surface area contributed by atoms with Crippen molar-refractivity contribution in [3.8, 4) is 44.9 Å². The first-order chi connectivity index (χ1) is 19.3. The minimum Gasteiger partial charge on any atom is -0.228 e. The Balaban J connectivity index is 1.31. The molecule has 0 N–H and O–H groups in total. The van der Waals surface area contributed by atoms with Crippen LogP contribution in [0, 0.1) is 0 Å². The molecule has 0 aliphatic heterocycles. The van der Waals surface area contributed by atoms with Crippen molar-refractivity contribution in [2.24, 2.45) is 0 Å². The van der Waals surface area contributed by atoms with Gasteiger partial charge in [0.2, 0.25) is 0 Å². The monoisotopic (exact) mass is 514 g/mol. The average Bonchev–Trinajstić information content (AvgIpc) is 3.36. The van der Waals surface area contributed by atoms with E-state index >= 15 is 0 Å². The zero-order valence-electron chi connectivity index (χ0n) is 23.3. The summed E-state index contributed by atoms with van der Waals surface area (Å²) >= 11 is 0. The molecule has 192 valence electrons. The highest BCUT2D eigenvalue weighted by Crippen LogP contribution is 2.51. The molecule has 1 aromatic heterocycles. The van der Waals surface area contributed by atoms with Gasteiger partial charge in [-0.2, -0.15) is 0 Å². The van der Waals surface area contributed by atoms with Gasteiger partial charge in [0.25, 0.3) is 0 Å². The van der Waals surface area contributed by atoms with Gasteiger partial charge < -0.3 is 0 Å². The lowest BCUT2D eigenvalue weighted by Gasteiger charge is -2.22. The molecular weight excluding hydrogens is 484 g/mol. The van der Waals surface area contributed by atoms with Gasteiger partial charge in [-0.3, -0.25) is 0 Å². The molecule has 0 saturated heterocycles. The number of rotatable bonds is 2. The molecule has 0 saturated carbocycles. The molecule has 2 aliphatic rings. The van der Waals surface area contributed by atoms with Gasteiger partial charge in [0.05, 0.1) is 11.2 Å². The van der Waals surface area contributed by atoms with Crippen LogP contribution >= 0.6 is 0 Å². The van der Waals surface area contributed by atoms with Crippen LogP contribution in [-0.2, 0) is 10.8 Å². The summed E-state index contributed by atoms with van der Waals surface area (Å²) in [6.07, 6.45) is 0. The van der Waals surface area contributed by atoms with Crippen molar-refractivity contribution < 1.29 is 0 Å². The molecule has 8 rings (SSSR count). The van der Waals surface area contributed by atoms with Crippen molar-refractivity contribution in [3.05, 3.63) is 131 Å². The van der Waals surface area contributed by atoms with Crippen molar-refractivity contribution in [1.29, 1.82) is 0 Å². The minimum absolute atomic E-state index is 0.0613. The molecule has 0 amide bonds. The molecule has 2 heteroatoms. The van der Waals surface area contributed by atoms with Gasteiger partial charge in [-0.1, -0.05) is 119 Å². The Morgan fingerprint density at radius 1 is 0.450 bits per heavy atom. The largest absolute Gasteiger partial charge is 0.228 e. The summed E-state index contributed by atoms with van der Waals surface area (Å²) < 4.78 is 0.